The molecule has 8 nitrogen and oxygen atoms in total. The van der Waals surface area contributed by atoms with Gasteiger partial charge in [-0.05, 0) is 55.7 Å². The summed E-state index contributed by atoms with van der Waals surface area (Å²) in [7, 11) is 0. The Kier molecular flexibility index (Phi) is 14.9. The average Bonchev–Trinajstić information content (AvgIpc) is 2.94. The second kappa shape index (κ2) is 18.4. The van der Waals surface area contributed by atoms with Gasteiger partial charge in [-0.2, -0.15) is 0 Å². The number of amides is 1. The first-order chi connectivity index (χ1) is 19.0. The minimum Gasteiger partial charge on any atom is -0.494 e. The van der Waals surface area contributed by atoms with Crippen LogP contribution in [0.3, 0.4) is 0 Å². The van der Waals surface area contributed by atoms with Crippen LogP contribution in [0.15, 0.2) is 60.4 Å². The molecule has 0 bridgehead atoms. The summed E-state index contributed by atoms with van der Waals surface area (Å²) in [6.07, 6.45) is 8.54. The summed E-state index contributed by atoms with van der Waals surface area (Å²) in [6, 6.07) is 13.5. The van der Waals surface area contributed by atoms with Crippen molar-refractivity contribution in [2.24, 2.45) is 0 Å². The lowest BCUT2D eigenvalue weighted by Crippen LogP contribution is -2.18. The molecule has 8 heteroatoms. The number of nitrogens with one attached hydrogen (secondary N) is 1. The molecular weight excluding hydrogens is 498 g/mol. The Morgan fingerprint density at radius 3 is 2.10 bits per heavy atom. The Hall–Kier alpha value is -3.81. The van der Waals surface area contributed by atoms with E-state index in [9.17, 15) is 14.4 Å². The fraction of sp³-hybridized carbons (Fsp3) is 0.452. The number of ether oxygens (including phenoxy) is 4. The zero-order chi connectivity index (χ0) is 28.3. The summed E-state index contributed by atoms with van der Waals surface area (Å²) in [4.78, 5) is 37.9. The molecule has 0 aliphatic rings. The van der Waals surface area contributed by atoms with E-state index in [1.807, 2.05) is 13.8 Å². The molecule has 0 radical (unpaired) electrons. The van der Waals surface area contributed by atoms with Gasteiger partial charge in [0, 0.05) is 5.56 Å². The van der Waals surface area contributed by atoms with E-state index in [1.165, 1.54) is 12.8 Å². The number of rotatable bonds is 18. The van der Waals surface area contributed by atoms with Crippen LogP contribution in [0, 0.1) is 0 Å². The minimum absolute atomic E-state index is 0.179. The molecular formula is C31H41NO7. The first kappa shape index (κ1) is 31.4. The molecule has 1 amide bonds. The molecule has 0 saturated carbocycles. The van der Waals surface area contributed by atoms with Crippen molar-refractivity contribution in [2.75, 3.05) is 25.1 Å². The third-order valence-electron chi connectivity index (χ3n) is 5.66. The quantitative estimate of drug-likeness (QED) is 0.0957. The van der Waals surface area contributed by atoms with Crippen molar-refractivity contribution in [3.63, 3.8) is 0 Å². The first-order valence-corrected chi connectivity index (χ1v) is 13.8. The second-order valence-corrected chi connectivity index (χ2v) is 9.00. The van der Waals surface area contributed by atoms with Gasteiger partial charge in [-0.3, -0.25) is 4.79 Å². The molecule has 1 N–H and O–H groups in total. The largest absolute Gasteiger partial charge is 0.494 e. The van der Waals surface area contributed by atoms with E-state index >= 15 is 0 Å². The zero-order valence-corrected chi connectivity index (χ0v) is 23.3. The lowest BCUT2D eigenvalue weighted by molar-refractivity contribution is -0.143. The van der Waals surface area contributed by atoms with Gasteiger partial charge in [-0.15, -0.1) is 0 Å². The van der Waals surface area contributed by atoms with Crippen LogP contribution in [0.25, 0.3) is 0 Å². The van der Waals surface area contributed by atoms with Gasteiger partial charge in [0.25, 0.3) is 5.91 Å². The second-order valence-electron chi connectivity index (χ2n) is 9.00. The maximum Gasteiger partial charge on any atom is 0.374 e. The van der Waals surface area contributed by atoms with Gasteiger partial charge in [0.2, 0.25) is 5.76 Å². The van der Waals surface area contributed by atoms with Gasteiger partial charge in [-0.25, -0.2) is 9.59 Å². The number of para-hydroxylation sites is 2. The number of hydrogen-bond acceptors (Lipinski definition) is 7. The number of carbonyl (C=O) groups is 3. The third kappa shape index (κ3) is 12.1. The van der Waals surface area contributed by atoms with Gasteiger partial charge in [-0.1, -0.05) is 65.0 Å². The first-order valence-electron chi connectivity index (χ1n) is 13.8. The van der Waals surface area contributed by atoms with Gasteiger partial charge < -0.3 is 24.3 Å². The summed E-state index contributed by atoms with van der Waals surface area (Å²) >= 11 is 0. The van der Waals surface area contributed by atoms with E-state index < -0.39 is 11.9 Å². The summed E-state index contributed by atoms with van der Waals surface area (Å²) < 4.78 is 21.9. The highest BCUT2D eigenvalue weighted by Gasteiger charge is 2.19. The fourth-order valence-electron chi connectivity index (χ4n) is 3.37. The van der Waals surface area contributed by atoms with Crippen molar-refractivity contribution in [3.05, 3.63) is 65.9 Å². The average molecular weight is 540 g/mol. The number of esters is 2. The minimum atomic E-state index is -0.790. The predicted octanol–water partition coefficient (Wildman–Crippen LogP) is 6.85. The zero-order valence-electron chi connectivity index (χ0n) is 23.3. The molecule has 0 heterocycles. The van der Waals surface area contributed by atoms with Gasteiger partial charge in [0.1, 0.15) is 5.75 Å². The molecule has 0 atom stereocenters. The van der Waals surface area contributed by atoms with Crippen LogP contribution in [-0.2, 0) is 19.1 Å². The molecule has 39 heavy (non-hydrogen) atoms. The van der Waals surface area contributed by atoms with Crippen LogP contribution in [-0.4, -0.2) is 37.7 Å². The molecule has 0 fully saturated rings. The van der Waals surface area contributed by atoms with E-state index in [-0.39, 0.29) is 30.6 Å². The Morgan fingerprint density at radius 1 is 0.744 bits per heavy atom. The Labute approximate surface area is 231 Å². The SMILES string of the molecule is CCCCCCOc1ccc(C(=O)Nc2ccccc2O/C(=C/C(=O)OCCCC)C(=O)OCCCC)cc1. The molecule has 0 unspecified atom stereocenters. The highest BCUT2D eigenvalue weighted by molar-refractivity contribution is 6.05. The predicted molar refractivity (Wildman–Crippen MR) is 151 cm³/mol. The fourth-order valence-corrected chi connectivity index (χ4v) is 3.37. The van der Waals surface area contributed by atoms with E-state index in [0.29, 0.717) is 36.4 Å². The Morgan fingerprint density at radius 2 is 1.41 bits per heavy atom. The molecule has 2 aromatic rings. The van der Waals surface area contributed by atoms with Crippen molar-refractivity contribution >= 4 is 23.5 Å². The van der Waals surface area contributed by atoms with Crippen LogP contribution < -0.4 is 14.8 Å². The van der Waals surface area contributed by atoms with E-state index in [1.54, 1.807) is 48.5 Å². The molecule has 0 aromatic heterocycles. The molecule has 212 valence electrons. The third-order valence-corrected chi connectivity index (χ3v) is 5.66. The molecule has 0 saturated heterocycles. The van der Waals surface area contributed by atoms with Crippen molar-refractivity contribution in [1.82, 2.24) is 0 Å². The highest BCUT2D eigenvalue weighted by atomic mass is 16.6. The molecule has 2 rings (SSSR count). The number of benzene rings is 2. The van der Waals surface area contributed by atoms with Crippen molar-refractivity contribution < 1.29 is 33.3 Å². The standard InChI is InChI=1S/C31H41NO7/c1-4-7-10-13-22-36-25-18-16-24(17-19-25)30(34)32-26-14-11-12-15-27(26)39-28(31(35)38-21-9-6-3)23-29(33)37-20-8-5-2/h11-12,14-19,23H,4-10,13,20-22H2,1-3H3,(H,32,34)/b28-23+. The van der Waals surface area contributed by atoms with Crippen LogP contribution >= 0.6 is 0 Å². The normalized spacial score (nSPS) is 11.0. The monoisotopic (exact) mass is 539 g/mol. The maximum atomic E-state index is 12.9. The number of anilines is 1. The summed E-state index contributed by atoms with van der Waals surface area (Å²) in [5.41, 5.74) is 0.753. The lowest BCUT2D eigenvalue weighted by Gasteiger charge is -2.14. The Balaban J connectivity index is 2.10. The highest BCUT2D eigenvalue weighted by Crippen LogP contribution is 2.27. The number of hydrogen-bond donors (Lipinski definition) is 1. The van der Waals surface area contributed by atoms with Crippen LogP contribution in [0.1, 0.15) is 82.5 Å². The lowest BCUT2D eigenvalue weighted by atomic mass is 10.2. The Bertz CT molecular complexity index is 1060. The molecule has 0 aliphatic carbocycles. The number of carbonyl (C=O) groups excluding carboxylic acids is 3. The van der Waals surface area contributed by atoms with Crippen LogP contribution in [0.4, 0.5) is 5.69 Å². The molecule has 2 aromatic carbocycles. The van der Waals surface area contributed by atoms with Gasteiger partial charge in [0.05, 0.1) is 31.6 Å². The van der Waals surface area contributed by atoms with E-state index in [0.717, 1.165) is 31.8 Å². The van der Waals surface area contributed by atoms with Crippen molar-refractivity contribution in [1.29, 1.82) is 0 Å². The summed E-state index contributed by atoms with van der Waals surface area (Å²) in [5.74, 6) is -1.31. The van der Waals surface area contributed by atoms with Crippen molar-refractivity contribution in [2.45, 2.75) is 72.1 Å². The van der Waals surface area contributed by atoms with Crippen LogP contribution in [0.5, 0.6) is 11.5 Å². The van der Waals surface area contributed by atoms with E-state index in [4.69, 9.17) is 18.9 Å². The summed E-state index contributed by atoms with van der Waals surface area (Å²) in [5, 5.41) is 2.80. The number of unbranched alkanes of at least 4 members (excludes halogenated alkanes) is 5. The molecule has 0 spiro atoms. The van der Waals surface area contributed by atoms with Crippen LogP contribution in [0.2, 0.25) is 0 Å². The van der Waals surface area contributed by atoms with E-state index in [2.05, 4.69) is 12.2 Å². The van der Waals surface area contributed by atoms with Gasteiger partial charge in [0.15, 0.2) is 5.75 Å². The molecule has 0 aliphatic heterocycles. The smallest absolute Gasteiger partial charge is 0.374 e. The van der Waals surface area contributed by atoms with Crippen molar-refractivity contribution in [3.8, 4) is 11.5 Å². The maximum absolute atomic E-state index is 12.9. The topological polar surface area (TPSA) is 100 Å². The summed E-state index contributed by atoms with van der Waals surface area (Å²) in [6.45, 7) is 7.18. The van der Waals surface area contributed by atoms with Gasteiger partial charge >= 0.3 is 11.9 Å².